The first-order valence-electron chi connectivity index (χ1n) is 9.42. The predicted octanol–water partition coefficient (Wildman–Crippen LogP) is 4.62. The lowest BCUT2D eigenvalue weighted by molar-refractivity contribution is -0.141. The van der Waals surface area contributed by atoms with Gasteiger partial charge in [0.15, 0.2) is 5.69 Å². The first-order valence-corrected chi connectivity index (χ1v) is 9.80. The van der Waals surface area contributed by atoms with Crippen LogP contribution < -0.4 is 5.32 Å². The van der Waals surface area contributed by atoms with E-state index >= 15 is 0 Å². The minimum absolute atomic E-state index is 0.0919. The number of alkyl halides is 3. The van der Waals surface area contributed by atoms with Crippen molar-refractivity contribution in [1.29, 1.82) is 0 Å². The molecule has 158 valence electrons. The molecule has 30 heavy (non-hydrogen) atoms. The zero-order valence-electron chi connectivity index (χ0n) is 16.1. The lowest BCUT2D eigenvalue weighted by Gasteiger charge is -2.07. The number of hydrogen-bond acceptors (Lipinski definition) is 3. The standard InChI is InChI=1S/C20H19ClF3N5O/c1-12-4-2-3-5-14(12)9-28-10-15(8-25-28)26-16(30)11-29-18(13-6-7-13)17(21)19(27-29)20(22,23)24/h2-5,8,10,13H,6-7,9,11H2,1H3,(H,26,30). The second kappa shape index (κ2) is 7.79. The molecule has 0 aliphatic heterocycles. The number of halogens is 4. The van der Waals surface area contributed by atoms with Gasteiger partial charge in [0.1, 0.15) is 6.54 Å². The van der Waals surface area contributed by atoms with Gasteiger partial charge in [-0.3, -0.25) is 14.2 Å². The van der Waals surface area contributed by atoms with Gasteiger partial charge in [0, 0.05) is 12.1 Å². The highest BCUT2D eigenvalue weighted by Crippen LogP contribution is 2.46. The molecule has 0 unspecified atom stereocenters. The summed E-state index contributed by atoms with van der Waals surface area (Å²) in [6.07, 6.45) is -0.0380. The van der Waals surface area contributed by atoms with E-state index in [1.807, 2.05) is 31.2 Å². The fourth-order valence-corrected chi connectivity index (χ4v) is 3.71. The Hall–Kier alpha value is -2.81. The van der Waals surface area contributed by atoms with Gasteiger partial charge in [-0.2, -0.15) is 23.4 Å². The summed E-state index contributed by atoms with van der Waals surface area (Å²) >= 11 is 5.94. The van der Waals surface area contributed by atoms with Gasteiger partial charge in [0.25, 0.3) is 0 Å². The zero-order chi connectivity index (χ0) is 21.5. The molecular formula is C20H19ClF3N5O. The summed E-state index contributed by atoms with van der Waals surface area (Å²) in [4.78, 5) is 12.4. The van der Waals surface area contributed by atoms with Crippen LogP contribution in [0.1, 0.15) is 41.3 Å². The molecule has 1 aromatic carbocycles. The van der Waals surface area contributed by atoms with Crippen LogP contribution in [0.15, 0.2) is 36.7 Å². The quantitative estimate of drug-likeness (QED) is 0.611. The molecular weight excluding hydrogens is 419 g/mol. The molecule has 10 heteroatoms. The number of benzene rings is 1. The molecule has 0 bridgehead atoms. The molecule has 2 aromatic heterocycles. The van der Waals surface area contributed by atoms with Crippen molar-refractivity contribution in [2.75, 3.05) is 5.32 Å². The summed E-state index contributed by atoms with van der Waals surface area (Å²) < 4.78 is 42.2. The van der Waals surface area contributed by atoms with Gasteiger partial charge >= 0.3 is 6.18 Å². The van der Waals surface area contributed by atoms with E-state index in [2.05, 4.69) is 15.5 Å². The molecule has 2 heterocycles. The van der Waals surface area contributed by atoms with Gasteiger partial charge in [0.05, 0.1) is 29.1 Å². The van der Waals surface area contributed by atoms with Crippen LogP contribution in [0.4, 0.5) is 18.9 Å². The van der Waals surface area contributed by atoms with Crippen molar-refractivity contribution in [2.45, 2.75) is 44.9 Å². The van der Waals surface area contributed by atoms with E-state index < -0.39 is 22.8 Å². The van der Waals surface area contributed by atoms with Crippen LogP contribution in [0.3, 0.4) is 0 Å². The normalized spacial score (nSPS) is 14.2. The largest absolute Gasteiger partial charge is 0.436 e. The molecule has 6 nitrogen and oxygen atoms in total. The zero-order valence-corrected chi connectivity index (χ0v) is 16.8. The number of amides is 1. The summed E-state index contributed by atoms with van der Waals surface area (Å²) in [6, 6.07) is 7.89. The van der Waals surface area contributed by atoms with Crippen LogP contribution in [-0.4, -0.2) is 25.5 Å². The fraction of sp³-hybridized carbons (Fsp3) is 0.350. The Morgan fingerprint density at radius 3 is 2.70 bits per heavy atom. The van der Waals surface area contributed by atoms with E-state index in [1.165, 1.54) is 6.20 Å². The first-order chi connectivity index (χ1) is 14.2. The highest BCUT2D eigenvalue weighted by molar-refractivity contribution is 6.32. The molecule has 4 rings (SSSR count). The van der Waals surface area contributed by atoms with E-state index in [-0.39, 0.29) is 18.2 Å². The SMILES string of the molecule is Cc1ccccc1Cn1cc(NC(=O)Cn2nc(C(F)(F)F)c(Cl)c2C2CC2)cn1. The van der Waals surface area contributed by atoms with Gasteiger partial charge in [-0.05, 0) is 30.9 Å². The average molecular weight is 438 g/mol. The van der Waals surface area contributed by atoms with E-state index in [0.717, 1.165) is 28.7 Å². The van der Waals surface area contributed by atoms with Crippen molar-refractivity contribution in [3.05, 3.63) is 64.2 Å². The van der Waals surface area contributed by atoms with Gasteiger partial charge in [0.2, 0.25) is 5.91 Å². The minimum atomic E-state index is -4.67. The van der Waals surface area contributed by atoms with Crippen molar-refractivity contribution in [3.63, 3.8) is 0 Å². The second-order valence-electron chi connectivity index (χ2n) is 7.38. The van der Waals surface area contributed by atoms with E-state index in [9.17, 15) is 18.0 Å². The van der Waals surface area contributed by atoms with Crippen LogP contribution in [0, 0.1) is 6.92 Å². The van der Waals surface area contributed by atoms with Crippen molar-refractivity contribution in [2.24, 2.45) is 0 Å². The Morgan fingerprint density at radius 2 is 2.03 bits per heavy atom. The van der Waals surface area contributed by atoms with Gasteiger partial charge in [-0.1, -0.05) is 35.9 Å². The first kappa shape index (κ1) is 20.5. The molecule has 1 aliphatic carbocycles. The average Bonchev–Trinajstić information content (AvgIpc) is 3.31. The summed E-state index contributed by atoms with van der Waals surface area (Å²) in [5, 5.41) is 10.0. The number of hydrogen-bond donors (Lipinski definition) is 1. The van der Waals surface area contributed by atoms with Gasteiger partial charge < -0.3 is 5.32 Å². The Bertz CT molecular complexity index is 1080. The molecule has 0 atom stereocenters. The number of aromatic nitrogens is 4. The van der Waals surface area contributed by atoms with Crippen molar-refractivity contribution >= 4 is 23.2 Å². The van der Waals surface area contributed by atoms with Crippen LogP contribution in [0.5, 0.6) is 0 Å². The Labute approximate surface area is 175 Å². The van der Waals surface area contributed by atoms with E-state index in [4.69, 9.17) is 11.6 Å². The second-order valence-corrected chi connectivity index (χ2v) is 7.76. The monoisotopic (exact) mass is 437 g/mol. The fourth-order valence-electron chi connectivity index (χ4n) is 3.31. The molecule has 3 aromatic rings. The Kier molecular flexibility index (Phi) is 5.31. The number of nitrogens with one attached hydrogen (secondary N) is 1. The summed E-state index contributed by atoms with van der Waals surface area (Å²) in [7, 11) is 0. The lowest BCUT2D eigenvalue weighted by Crippen LogP contribution is -2.21. The highest BCUT2D eigenvalue weighted by atomic mass is 35.5. The number of rotatable bonds is 6. The third-order valence-corrected chi connectivity index (χ3v) is 5.34. The van der Waals surface area contributed by atoms with Crippen molar-refractivity contribution < 1.29 is 18.0 Å². The number of anilines is 1. The summed E-state index contributed by atoms with van der Waals surface area (Å²) in [5.74, 6) is -0.592. The maximum atomic E-state index is 13.1. The Balaban J connectivity index is 1.46. The smallest absolute Gasteiger partial charge is 0.322 e. The van der Waals surface area contributed by atoms with Crippen molar-refractivity contribution in [1.82, 2.24) is 19.6 Å². The lowest BCUT2D eigenvalue weighted by atomic mass is 10.1. The third kappa shape index (κ3) is 4.35. The third-order valence-electron chi connectivity index (χ3n) is 4.97. The van der Waals surface area contributed by atoms with Gasteiger partial charge in [-0.15, -0.1) is 0 Å². The number of nitrogens with zero attached hydrogens (tertiary/aromatic N) is 4. The molecule has 1 saturated carbocycles. The minimum Gasteiger partial charge on any atom is -0.322 e. The molecule has 1 fully saturated rings. The van der Waals surface area contributed by atoms with Crippen LogP contribution >= 0.6 is 11.6 Å². The number of carbonyl (C=O) groups is 1. The maximum Gasteiger partial charge on any atom is 0.436 e. The molecule has 1 N–H and O–H groups in total. The van der Waals surface area contributed by atoms with Crippen molar-refractivity contribution in [3.8, 4) is 0 Å². The highest BCUT2D eigenvalue weighted by Gasteiger charge is 2.42. The number of aryl methyl sites for hydroxylation is 1. The van der Waals surface area contributed by atoms with Crippen LogP contribution in [0.25, 0.3) is 0 Å². The molecule has 0 radical (unpaired) electrons. The predicted molar refractivity (Wildman–Crippen MR) is 105 cm³/mol. The summed E-state index contributed by atoms with van der Waals surface area (Å²) in [5.41, 5.74) is 1.80. The molecule has 1 aliphatic rings. The van der Waals surface area contributed by atoms with Crippen LogP contribution in [-0.2, 0) is 24.1 Å². The maximum absolute atomic E-state index is 13.1. The molecule has 0 saturated heterocycles. The summed E-state index contributed by atoms with van der Waals surface area (Å²) in [6.45, 7) is 2.19. The Morgan fingerprint density at radius 1 is 1.30 bits per heavy atom. The van der Waals surface area contributed by atoms with Gasteiger partial charge in [-0.25, -0.2) is 0 Å². The van der Waals surface area contributed by atoms with Crippen LogP contribution in [0.2, 0.25) is 5.02 Å². The molecule has 0 spiro atoms. The number of carbonyl (C=O) groups excluding carboxylic acids is 1. The molecule has 1 amide bonds. The topological polar surface area (TPSA) is 64.7 Å². The van der Waals surface area contributed by atoms with E-state index in [1.54, 1.807) is 10.9 Å². The van der Waals surface area contributed by atoms with E-state index in [0.29, 0.717) is 12.2 Å².